The maximum Gasteiger partial charge on any atom is 0.263 e. The van der Waals surface area contributed by atoms with Gasteiger partial charge >= 0.3 is 0 Å². The zero-order valence-electron chi connectivity index (χ0n) is 16.1. The Morgan fingerprint density at radius 1 is 1.04 bits per heavy atom. The molecule has 28 heavy (non-hydrogen) atoms. The third kappa shape index (κ3) is 2.70. The van der Waals surface area contributed by atoms with Gasteiger partial charge in [-0.15, -0.1) is 0 Å². The number of hydrogen-bond donors (Lipinski definition) is 1. The van der Waals surface area contributed by atoms with E-state index in [1.54, 1.807) is 7.11 Å². The Kier molecular flexibility index (Phi) is 4.48. The molecule has 0 aromatic heterocycles. The Labute approximate surface area is 164 Å². The monoisotopic (exact) mass is 379 g/mol. The maximum atomic E-state index is 9.48. The molecule has 0 amide bonds. The number of ether oxygens (including phenoxy) is 3. The number of fused-ring (bicyclic) bond motifs is 3. The molecule has 5 nitrogen and oxygen atoms in total. The van der Waals surface area contributed by atoms with E-state index in [4.69, 9.17) is 14.2 Å². The summed E-state index contributed by atoms with van der Waals surface area (Å²) in [4.78, 5) is 2.27. The summed E-state index contributed by atoms with van der Waals surface area (Å²) in [6.07, 6.45) is 1.90. The molecule has 0 saturated carbocycles. The number of methoxy groups -OCH3 is 1. The van der Waals surface area contributed by atoms with Crippen LogP contribution in [0.25, 0.3) is 21.5 Å². The van der Waals surface area contributed by atoms with Crippen molar-refractivity contribution >= 4 is 21.5 Å². The Balaban J connectivity index is 1.68. The highest BCUT2D eigenvalue weighted by molar-refractivity contribution is 6.09. The van der Waals surface area contributed by atoms with Gasteiger partial charge in [0, 0.05) is 25.3 Å². The molecule has 5 rings (SSSR count). The van der Waals surface area contributed by atoms with Gasteiger partial charge in [0.2, 0.25) is 0 Å². The van der Waals surface area contributed by atoms with Crippen molar-refractivity contribution in [2.45, 2.75) is 18.8 Å². The number of piperidine rings is 1. The first kappa shape index (κ1) is 17.9. The lowest BCUT2D eigenvalue weighted by molar-refractivity contribution is -0.468. The lowest BCUT2D eigenvalue weighted by Gasteiger charge is -2.51. The zero-order valence-corrected chi connectivity index (χ0v) is 16.1. The van der Waals surface area contributed by atoms with Crippen molar-refractivity contribution < 1.29 is 19.3 Å². The fourth-order valence-electron chi connectivity index (χ4n) is 4.56. The Morgan fingerprint density at radius 3 is 2.50 bits per heavy atom. The van der Waals surface area contributed by atoms with Crippen molar-refractivity contribution in [3.63, 3.8) is 0 Å². The average molecular weight is 379 g/mol. The maximum absolute atomic E-state index is 9.48. The van der Waals surface area contributed by atoms with E-state index in [9.17, 15) is 5.11 Å². The van der Waals surface area contributed by atoms with Crippen molar-refractivity contribution in [2.24, 2.45) is 5.92 Å². The molecule has 3 aromatic carbocycles. The van der Waals surface area contributed by atoms with Crippen molar-refractivity contribution in [1.82, 2.24) is 4.90 Å². The lowest BCUT2D eigenvalue weighted by Crippen LogP contribution is -2.59. The minimum absolute atomic E-state index is 0.251. The van der Waals surface area contributed by atoms with E-state index in [1.165, 1.54) is 5.39 Å². The van der Waals surface area contributed by atoms with Crippen LogP contribution in [0.4, 0.5) is 0 Å². The summed E-state index contributed by atoms with van der Waals surface area (Å²) >= 11 is 0. The van der Waals surface area contributed by atoms with Gasteiger partial charge in [-0.3, -0.25) is 0 Å². The van der Waals surface area contributed by atoms with Gasteiger partial charge in [-0.05, 0) is 58.5 Å². The average Bonchev–Trinajstić information content (AvgIpc) is 2.73. The SMILES string of the molecule is COc1ccc2c(C3(N4CCC(CO)CC4)OCO3)cc3ccccc3c2c1. The predicted molar refractivity (Wildman–Crippen MR) is 108 cm³/mol. The van der Waals surface area contributed by atoms with Gasteiger partial charge in [0.1, 0.15) is 5.75 Å². The third-order valence-electron chi connectivity index (χ3n) is 6.21. The molecular weight excluding hydrogens is 354 g/mol. The van der Waals surface area contributed by atoms with Crippen LogP contribution in [-0.2, 0) is 15.4 Å². The van der Waals surface area contributed by atoms with Crippen LogP contribution in [0.5, 0.6) is 5.75 Å². The quantitative estimate of drug-likeness (QED) is 0.699. The molecular formula is C23H25NO4. The van der Waals surface area contributed by atoms with Gasteiger partial charge in [-0.2, -0.15) is 0 Å². The van der Waals surface area contributed by atoms with Crippen LogP contribution in [0.1, 0.15) is 18.4 Å². The fraction of sp³-hybridized carbons (Fsp3) is 0.391. The van der Waals surface area contributed by atoms with Gasteiger partial charge in [0.15, 0.2) is 6.79 Å². The van der Waals surface area contributed by atoms with Crippen molar-refractivity contribution in [3.8, 4) is 5.75 Å². The second-order valence-corrected chi connectivity index (χ2v) is 7.66. The highest BCUT2D eigenvalue weighted by Gasteiger charge is 2.49. The number of rotatable bonds is 4. The van der Waals surface area contributed by atoms with Crippen molar-refractivity contribution in [3.05, 3.63) is 54.1 Å². The highest BCUT2D eigenvalue weighted by atomic mass is 16.9. The second kappa shape index (κ2) is 7.01. The fourth-order valence-corrected chi connectivity index (χ4v) is 4.56. The first-order valence-electron chi connectivity index (χ1n) is 9.89. The molecule has 0 aliphatic carbocycles. The van der Waals surface area contributed by atoms with Crippen molar-refractivity contribution in [1.29, 1.82) is 0 Å². The van der Waals surface area contributed by atoms with Crippen LogP contribution >= 0.6 is 0 Å². The summed E-state index contributed by atoms with van der Waals surface area (Å²) < 4.78 is 17.8. The van der Waals surface area contributed by atoms with E-state index in [0.717, 1.165) is 53.4 Å². The number of hydrogen-bond acceptors (Lipinski definition) is 5. The normalized spacial score (nSPS) is 20.4. The molecule has 0 radical (unpaired) electrons. The van der Waals surface area contributed by atoms with E-state index in [0.29, 0.717) is 12.7 Å². The molecule has 2 fully saturated rings. The van der Waals surface area contributed by atoms with Crippen LogP contribution in [0.2, 0.25) is 0 Å². The molecule has 2 aliphatic heterocycles. The van der Waals surface area contributed by atoms with Crippen LogP contribution in [0.3, 0.4) is 0 Å². The topological polar surface area (TPSA) is 51.2 Å². The number of benzene rings is 3. The van der Waals surface area contributed by atoms with E-state index in [-0.39, 0.29) is 6.61 Å². The molecule has 0 bridgehead atoms. The third-order valence-corrected chi connectivity index (χ3v) is 6.21. The first-order valence-corrected chi connectivity index (χ1v) is 9.89. The molecule has 5 heteroatoms. The molecule has 3 aromatic rings. The Hall–Kier alpha value is -2.18. The van der Waals surface area contributed by atoms with E-state index < -0.39 is 5.91 Å². The molecule has 2 saturated heterocycles. The first-order chi connectivity index (χ1) is 13.7. The van der Waals surface area contributed by atoms with Crippen LogP contribution < -0.4 is 4.74 Å². The Bertz CT molecular complexity index is 1010. The van der Waals surface area contributed by atoms with Crippen molar-refractivity contribution in [2.75, 3.05) is 33.6 Å². The lowest BCUT2D eigenvalue weighted by atomic mass is 9.92. The summed E-state index contributed by atoms with van der Waals surface area (Å²) in [7, 11) is 1.69. The van der Waals surface area contributed by atoms with E-state index >= 15 is 0 Å². The van der Waals surface area contributed by atoms with Gasteiger partial charge in [0.25, 0.3) is 5.91 Å². The Morgan fingerprint density at radius 2 is 1.82 bits per heavy atom. The molecule has 0 atom stereocenters. The number of aliphatic hydroxyl groups is 1. The zero-order chi connectivity index (χ0) is 19.1. The summed E-state index contributed by atoms with van der Waals surface area (Å²) in [5.74, 6) is 0.353. The largest absolute Gasteiger partial charge is 0.497 e. The molecule has 146 valence electrons. The van der Waals surface area contributed by atoms with E-state index in [2.05, 4.69) is 47.4 Å². The second-order valence-electron chi connectivity index (χ2n) is 7.66. The van der Waals surface area contributed by atoms with Crippen LogP contribution in [0, 0.1) is 5.92 Å². The molecule has 0 spiro atoms. The molecule has 0 unspecified atom stereocenters. The minimum Gasteiger partial charge on any atom is -0.497 e. The molecule has 2 heterocycles. The smallest absolute Gasteiger partial charge is 0.263 e. The van der Waals surface area contributed by atoms with Gasteiger partial charge < -0.3 is 19.3 Å². The van der Waals surface area contributed by atoms with E-state index in [1.807, 2.05) is 6.07 Å². The summed E-state index contributed by atoms with van der Waals surface area (Å²) in [6.45, 7) is 2.23. The molecule has 1 N–H and O–H groups in total. The van der Waals surface area contributed by atoms with Crippen LogP contribution in [0.15, 0.2) is 48.5 Å². The summed E-state index contributed by atoms with van der Waals surface area (Å²) in [5, 5.41) is 14.1. The van der Waals surface area contributed by atoms with Gasteiger partial charge in [-0.1, -0.05) is 30.3 Å². The highest BCUT2D eigenvalue weighted by Crippen LogP contribution is 2.45. The predicted octanol–water partition coefficient (Wildman–Crippen LogP) is 3.82. The summed E-state index contributed by atoms with van der Waals surface area (Å²) in [6, 6.07) is 16.8. The van der Waals surface area contributed by atoms with Gasteiger partial charge in [-0.25, -0.2) is 4.90 Å². The standard InChI is InChI=1S/C23H25NO4/c1-26-18-6-7-20-21(13-18)19-5-3-2-4-17(19)12-22(20)23(27-15-28-23)24-10-8-16(14-25)9-11-24/h2-7,12-13,16,25H,8-11,14-15H2,1H3. The number of nitrogens with zero attached hydrogens (tertiary/aromatic N) is 1. The molecule has 2 aliphatic rings. The minimum atomic E-state index is -0.850. The number of likely N-dealkylation sites (tertiary alicyclic amines) is 1. The summed E-state index contributed by atoms with van der Waals surface area (Å²) in [5.41, 5.74) is 1.04. The van der Waals surface area contributed by atoms with Gasteiger partial charge in [0.05, 0.1) is 7.11 Å². The van der Waals surface area contributed by atoms with Crippen LogP contribution in [-0.4, -0.2) is 43.6 Å². The number of aliphatic hydroxyl groups excluding tert-OH is 1.